The number of carbonyl (C=O) groups excluding carboxylic acids is 1. The van der Waals surface area contributed by atoms with E-state index in [0.29, 0.717) is 55.4 Å². The van der Waals surface area contributed by atoms with E-state index in [0.717, 1.165) is 17.0 Å². The van der Waals surface area contributed by atoms with Gasteiger partial charge >= 0.3 is 12.1 Å². The summed E-state index contributed by atoms with van der Waals surface area (Å²) in [5.41, 5.74) is 2.04. The fourth-order valence-corrected chi connectivity index (χ4v) is 5.76. The number of piperidine rings is 1. The summed E-state index contributed by atoms with van der Waals surface area (Å²) in [6, 6.07) is 4.17. The number of esters is 1. The number of amides is 1. The van der Waals surface area contributed by atoms with Crippen molar-refractivity contribution in [3.63, 3.8) is 0 Å². The first-order chi connectivity index (χ1) is 16.5. The zero-order chi connectivity index (χ0) is 23.4. The molecule has 2 atom stereocenters. The van der Waals surface area contributed by atoms with Crippen molar-refractivity contribution in [1.29, 1.82) is 0 Å². The molecule has 0 spiro atoms. The third-order valence-electron chi connectivity index (χ3n) is 6.85. The Balaban J connectivity index is 1.28. The van der Waals surface area contributed by atoms with E-state index in [1.165, 1.54) is 16.2 Å². The quantitative estimate of drug-likeness (QED) is 0.523. The van der Waals surface area contributed by atoms with Crippen molar-refractivity contribution in [2.45, 2.75) is 44.4 Å². The second-order valence-corrected chi connectivity index (χ2v) is 9.82. The molecule has 178 valence electrons. The first kappa shape index (κ1) is 21.2. The number of benzene rings is 1. The van der Waals surface area contributed by atoms with Crippen LogP contribution in [-0.4, -0.2) is 69.9 Å². The molecule has 34 heavy (non-hydrogen) atoms. The molecule has 2 unspecified atom stereocenters. The smallest absolute Gasteiger partial charge is 0.407 e. The largest absolute Gasteiger partial charge is 0.488 e. The number of nitrogens with zero attached hydrogens (tertiary/aromatic N) is 4. The molecule has 11 heteroatoms. The van der Waals surface area contributed by atoms with Gasteiger partial charge in [0.1, 0.15) is 16.9 Å². The van der Waals surface area contributed by atoms with Gasteiger partial charge < -0.3 is 23.9 Å². The monoisotopic (exact) mass is 484 g/mol. The molecule has 7 rings (SSSR count). The topological polar surface area (TPSA) is 118 Å². The number of aromatic nitrogens is 2. The van der Waals surface area contributed by atoms with Crippen molar-refractivity contribution < 1.29 is 28.6 Å². The van der Waals surface area contributed by atoms with Crippen LogP contribution in [0, 0.1) is 5.92 Å². The minimum atomic E-state index is -0.873. The Kier molecular flexibility index (Phi) is 5.09. The third kappa shape index (κ3) is 3.46. The standard InChI is InChI=1S/C23H24N4O6S/c1-2-31-21(28)12-7-15(8-12)32-17-4-3-16(20-24-5-6-34-20)19-18(17)25-22(33-19)26-10-13-9-14(11-26)27(13)23(29)30/h3-6,12-15H,2,7-11H2,1H3,(H,29,30). The van der Waals surface area contributed by atoms with E-state index in [1.54, 1.807) is 13.1 Å². The van der Waals surface area contributed by atoms with Gasteiger partial charge in [-0.1, -0.05) is 0 Å². The number of carboxylic acid groups (broad SMARTS) is 1. The van der Waals surface area contributed by atoms with Gasteiger partial charge in [0.05, 0.1) is 30.2 Å². The number of rotatable bonds is 6. The molecule has 4 fully saturated rings. The van der Waals surface area contributed by atoms with Crippen LogP contribution >= 0.6 is 11.3 Å². The number of thiazole rings is 1. The molecule has 1 aliphatic carbocycles. The highest BCUT2D eigenvalue weighted by molar-refractivity contribution is 7.13. The molecule has 3 aromatic rings. The fourth-order valence-electron chi connectivity index (χ4n) is 5.10. The maximum atomic E-state index is 11.9. The molecule has 0 radical (unpaired) electrons. The summed E-state index contributed by atoms with van der Waals surface area (Å²) < 4.78 is 17.6. The van der Waals surface area contributed by atoms with Crippen LogP contribution < -0.4 is 9.64 Å². The molecule has 2 aromatic heterocycles. The Morgan fingerprint density at radius 3 is 2.71 bits per heavy atom. The van der Waals surface area contributed by atoms with Crippen LogP contribution in [0.2, 0.25) is 0 Å². The molecule has 1 saturated carbocycles. The fraction of sp³-hybridized carbons (Fsp3) is 0.478. The van der Waals surface area contributed by atoms with Gasteiger partial charge in [0.15, 0.2) is 11.1 Å². The van der Waals surface area contributed by atoms with Crippen LogP contribution in [-0.2, 0) is 9.53 Å². The average molecular weight is 485 g/mol. The van der Waals surface area contributed by atoms with E-state index in [2.05, 4.69) is 4.98 Å². The van der Waals surface area contributed by atoms with Gasteiger partial charge in [-0.25, -0.2) is 9.78 Å². The average Bonchev–Trinajstić information content (AvgIpc) is 3.46. The second-order valence-electron chi connectivity index (χ2n) is 8.92. The molecule has 3 aliphatic heterocycles. The number of hydrogen-bond donors (Lipinski definition) is 1. The molecule has 3 saturated heterocycles. The third-order valence-corrected chi connectivity index (χ3v) is 7.66. The lowest BCUT2D eigenvalue weighted by molar-refractivity contribution is -0.154. The predicted molar refractivity (Wildman–Crippen MR) is 123 cm³/mol. The molecule has 5 heterocycles. The van der Waals surface area contributed by atoms with Crippen LogP contribution in [0.5, 0.6) is 5.75 Å². The molecule has 1 aromatic carbocycles. The Hall–Kier alpha value is -3.34. The maximum Gasteiger partial charge on any atom is 0.407 e. The number of piperazine rings is 1. The maximum absolute atomic E-state index is 11.9. The van der Waals surface area contributed by atoms with Gasteiger partial charge in [0.2, 0.25) is 0 Å². The summed E-state index contributed by atoms with van der Waals surface area (Å²) in [6.07, 6.45) is 2.87. The van der Waals surface area contributed by atoms with Gasteiger partial charge in [-0.05, 0) is 38.3 Å². The Morgan fingerprint density at radius 1 is 1.24 bits per heavy atom. The van der Waals surface area contributed by atoms with Crippen LogP contribution in [0.15, 0.2) is 28.1 Å². The molecule has 4 aliphatic rings. The number of oxazole rings is 1. The van der Waals surface area contributed by atoms with Crippen LogP contribution in [0.1, 0.15) is 26.2 Å². The summed E-state index contributed by atoms with van der Waals surface area (Å²) in [5.74, 6) is 0.307. The normalized spacial score (nSPS) is 25.6. The minimum Gasteiger partial charge on any atom is -0.488 e. The first-order valence-corrected chi connectivity index (χ1v) is 12.3. The first-order valence-electron chi connectivity index (χ1n) is 11.4. The molecule has 10 nitrogen and oxygen atoms in total. The van der Waals surface area contributed by atoms with E-state index in [9.17, 15) is 14.7 Å². The zero-order valence-electron chi connectivity index (χ0n) is 18.5. The summed E-state index contributed by atoms with van der Waals surface area (Å²) >= 11 is 1.51. The van der Waals surface area contributed by atoms with E-state index in [1.807, 2.05) is 22.4 Å². The second kappa shape index (κ2) is 8.15. The number of ether oxygens (including phenoxy) is 2. The molecular weight excluding hydrogens is 460 g/mol. The van der Waals surface area contributed by atoms with Gasteiger partial charge in [0, 0.05) is 24.7 Å². The lowest BCUT2D eigenvalue weighted by Crippen LogP contribution is -2.70. The Bertz CT molecular complexity index is 1230. The minimum absolute atomic E-state index is 0.0461. The van der Waals surface area contributed by atoms with Crippen molar-refractivity contribution in [3.05, 3.63) is 23.7 Å². The molecule has 2 bridgehead atoms. The molecule has 1 amide bonds. The number of carbonyl (C=O) groups is 2. The SMILES string of the molecule is CCOC(=O)C1CC(Oc2ccc(-c3nccs3)c3oc(N4CC5CC(C4)N5C(=O)O)nc23)C1. The van der Waals surface area contributed by atoms with Crippen molar-refractivity contribution in [2.75, 3.05) is 24.6 Å². The van der Waals surface area contributed by atoms with E-state index < -0.39 is 6.09 Å². The summed E-state index contributed by atoms with van der Waals surface area (Å²) in [4.78, 5) is 36.1. The van der Waals surface area contributed by atoms with Gasteiger partial charge in [-0.2, -0.15) is 4.98 Å². The zero-order valence-corrected chi connectivity index (χ0v) is 19.4. The predicted octanol–water partition coefficient (Wildman–Crippen LogP) is 3.61. The van der Waals surface area contributed by atoms with Crippen molar-refractivity contribution in [1.82, 2.24) is 14.9 Å². The highest BCUT2D eigenvalue weighted by Gasteiger charge is 2.48. The Labute approximate surface area is 199 Å². The van der Waals surface area contributed by atoms with E-state index >= 15 is 0 Å². The molecular formula is C23H24N4O6S. The number of fused-ring (bicyclic) bond motifs is 3. The lowest BCUT2D eigenvalue weighted by atomic mass is 9.82. The number of hydrogen-bond acceptors (Lipinski definition) is 9. The lowest BCUT2D eigenvalue weighted by Gasteiger charge is -2.54. The van der Waals surface area contributed by atoms with Gasteiger partial charge in [0.25, 0.3) is 6.01 Å². The Morgan fingerprint density at radius 2 is 2.03 bits per heavy atom. The van der Waals surface area contributed by atoms with E-state index in [-0.39, 0.29) is 30.1 Å². The van der Waals surface area contributed by atoms with E-state index in [4.69, 9.17) is 18.9 Å². The van der Waals surface area contributed by atoms with Crippen molar-refractivity contribution >= 4 is 40.5 Å². The van der Waals surface area contributed by atoms with Crippen LogP contribution in [0.4, 0.5) is 10.8 Å². The summed E-state index contributed by atoms with van der Waals surface area (Å²) in [6.45, 7) is 3.27. The van der Waals surface area contributed by atoms with Gasteiger partial charge in [-0.15, -0.1) is 11.3 Å². The molecule has 1 N–H and O–H groups in total. The summed E-state index contributed by atoms with van der Waals surface area (Å²) in [7, 11) is 0. The highest BCUT2D eigenvalue weighted by Crippen LogP contribution is 2.42. The van der Waals surface area contributed by atoms with Gasteiger partial charge in [-0.3, -0.25) is 9.69 Å². The summed E-state index contributed by atoms with van der Waals surface area (Å²) in [5, 5.41) is 12.1. The van der Waals surface area contributed by atoms with Crippen LogP contribution in [0.25, 0.3) is 21.7 Å². The van der Waals surface area contributed by atoms with Crippen molar-refractivity contribution in [3.8, 4) is 16.3 Å². The van der Waals surface area contributed by atoms with Crippen LogP contribution in [0.3, 0.4) is 0 Å². The number of anilines is 1. The highest BCUT2D eigenvalue weighted by atomic mass is 32.1. The van der Waals surface area contributed by atoms with Crippen molar-refractivity contribution in [2.24, 2.45) is 5.92 Å².